The van der Waals surface area contributed by atoms with Gasteiger partial charge in [0.15, 0.2) is 0 Å². The second-order valence-electron chi connectivity index (χ2n) is 3.79. The zero-order valence-electron chi connectivity index (χ0n) is 9.21. The number of nitrogens with zero attached hydrogens (tertiary/aromatic N) is 1. The Hall–Kier alpha value is -1.46. The number of aliphatic carboxylic acids is 1. The predicted molar refractivity (Wildman–Crippen MR) is 56.9 cm³/mol. The number of rotatable bonds is 4. The van der Waals surface area contributed by atoms with Crippen LogP contribution in [0.3, 0.4) is 0 Å². The van der Waals surface area contributed by atoms with Crippen LogP contribution < -0.4 is 0 Å². The van der Waals surface area contributed by atoms with E-state index >= 15 is 0 Å². The van der Waals surface area contributed by atoms with E-state index in [2.05, 4.69) is 4.98 Å². The molecule has 0 spiro atoms. The molecule has 88 valence electrons. The van der Waals surface area contributed by atoms with Crippen LogP contribution in [0.2, 0.25) is 0 Å². The number of aryl methyl sites for hydroxylation is 2. The highest BCUT2D eigenvalue weighted by Gasteiger charge is 2.21. The van der Waals surface area contributed by atoms with E-state index in [0.29, 0.717) is 5.56 Å². The number of carboxylic acid groups (broad SMARTS) is 1. The Bertz CT molecular complexity index is 371. The molecular weight excluding hydrogens is 210 g/mol. The molecular formula is C11H15NO4. The number of pyridine rings is 1. The van der Waals surface area contributed by atoms with Crippen LogP contribution >= 0.6 is 0 Å². The second-order valence-corrected chi connectivity index (χ2v) is 3.79. The summed E-state index contributed by atoms with van der Waals surface area (Å²) in [5.41, 5.74) is 1.92. The van der Waals surface area contributed by atoms with E-state index in [4.69, 9.17) is 5.11 Å². The van der Waals surface area contributed by atoms with Gasteiger partial charge in [0.2, 0.25) is 0 Å². The fraction of sp³-hybridized carbons (Fsp3) is 0.455. The molecule has 1 aromatic heterocycles. The van der Waals surface area contributed by atoms with Crippen LogP contribution in [0.25, 0.3) is 0 Å². The van der Waals surface area contributed by atoms with Crippen LogP contribution in [0.15, 0.2) is 12.1 Å². The minimum absolute atomic E-state index is 0.485. The number of hydrogen-bond donors (Lipinski definition) is 3. The molecule has 1 rings (SSSR count). The zero-order chi connectivity index (χ0) is 12.3. The molecule has 0 saturated heterocycles. The van der Waals surface area contributed by atoms with E-state index in [1.54, 1.807) is 26.0 Å². The molecule has 0 amide bonds. The minimum atomic E-state index is -1.31. The second kappa shape index (κ2) is 5.05. The first-order chi connectivity index (χ1) is 7.40. The topological polar surface area (TPSA) is 90.7 Å². The molecule has 5 nitrogen and oxygen atoms in total. The summed E-state index contributed by atoms with van der Waals surface area (Å²) in [6.07, 6.45) is -2.99. The van der Waals surface area contributed by atoms with E-state index < -0.39 is 24.6 Å². The van der Waals surface area contributed by atoms with Crippen molar-refractivity contribution in [3.05, 3.63) is 29.1 Å². The first kappa shape index (κ1) is 12.6. The van der Waals surface area contributed by atoms with Crippen molar-refractivity contribution in [3.63, 3.8) is 0 Å². The van der Waals surface area contributed by atoms with Gasteiger partial charge in [-0.3, -0.25) is 9.78 Å². The number of carbonyl (C=O) groups is 1. The lowest BCUT2D eigenvalue weighted by Crippen LogP contribution is -2.22. The maximum atomic E-state index is 10.4. The summed E-state index contributed by atoms with van der Waals surface area (Å²) < 4.78 is 0. The monoisotopic (exact) mass is 225 g/mol. The molecule has 0 saturated carbocycles. The van der Waals surface area contributed by atoms with Crippen LogP contribution in [0, 0.1) is 13.8 Å². The third-order valence-corrected chi connectivity index (χ3v) is 2.19. The minimum Gasteiger partial charge on any atom is -0.481 e. The normalized spacial score (nSPS) is 14.5. The quantitative estimate of drug-likeness (QED) is 0.696. The molecule has 1 aromatic rings. The van der Waals surface area contributed by atoms with Gasteiger partial charge in [-0.05, 0) is 31.5 Å². The highest BCUT2D eigenvalue weighted by atomic mass is 16.4. The molecule has 2 atom stereocenters. The maximum Gasteiger partial charge on any atom is 0.306 e. The van der Waals surface area contributed by atoms with Crippen LogP contribution in [0.5, 0.6) is 0 Å². The van der Waals surface area contributed by atoms with E-state index in [-0.39, 0.29) is 0 Å². The van der Waals surface area contributed by atoms with Gasteiger partial charge in [0, 0.05) is 11.4 Å². The Morgan fingerprint density at radius 3 is 2.25 bits per heavy atom. The standard InChI is InChI=1S/C11H15NO4/c1-6-3-8(4-7(2)12-6)11(16)9(13)5-10(14)15/h3-4,9,11,13,16H,5H2,1-2H3,(H,14,15). The van der Waals surface area contributed by atoms with Gasteiger partial charge in [0.05, 0.1) is 12.5 Å². The first-order valence-electron chi connectivity index (χ1n) is 4.93. The van der Waals surface area contributed by atoms with Gasteiger partial charge in [0.25, 0.3) is 0 Å². The summed E-state index contributed by atoms with van der Waals surface area (Å²) >= 11 is 0. The molecule has 5 heteroatoms. The summed E-state index contributed by atoms with van der Waals surface area (Å²) in [6.45, 7) is 3.54. The van der Waals surface area contributed by atoms with Crippen LogP contribution in [0.4, 0.5) is 0 Å². The molecule has 0 fully saturated rings. The fourth-order valence-corrected chi connectivity index (χ4v) is 1.55. The molecule has 0 bridgehead atoms. The highest BCUT2D eigenvalue weighted by molar-refractivity contribution is 5.67. The van der Waals surface area contributed by atoms with Gasteiger partial charge in [-0.15, -0.1) is 0 Å². The fourth-order valence-electron chi connectivity index (χ4n) is 1.55. The molecule has 2 unspecified atom stereocenters. The zero-order valence-corrected chi connectivity index (χ0v) is 9.21. The van der Waals surface area contributed by atoms with E-state index in [0.717, 1.165) is 11.4 Å². The summed E-state index contributed by atoms with van der Waals surface area (Å²) in [4.78, 5) is 14.5. The number of aliphatic hydroxyl groups is 2. The Balaban J connectivity index is 2.86. The largest absolute Gasteiger partial charge is 0.481 e. The summed E-state index contributed by atoms with van der Waals surface area (Å²) in [5, 5.41) is 27.7. The number of aliphatic hydroxyl groups excluding tert-OH is 2. The van der Waals surface area contributed by atoms with Crippen molar-refractivity contribution in [2.24, 2.45) is 0 Å². The Kier molecular flexibility index (Phi) is 3.98. The smallest absolute Gasteiger partial charge is 0.306 e. The molecule has 0 aliphatic carbocycles. The van der Waals surface area contributed by atoms with Crippen molar-refractivity contribution in [1.82, 2.24) is 4.98 Å². The molecule has 1 heterocycles. The number of hydrogen-bond acceptors (Lipinski definition) is 4. The average Bonchev–Trinajstić information content (AvgIpc) is 2.13. The molecule has 3 N–H and O–H groups in total. The van der Waals surface area contributed by atoms with E-state index in [1.807, 2.05) is 0 Å². The van der Waals surface area contributed by atoms with Gasteiger partial charge in [0.1, 0.15) is 6.10 Å². The van der Waals surface area contributed by atoms with Crippen molar-refractivity contribution in [2.75, 3.05) is 0 Å². The van der Waals surface area contributed by atoms with Crippen LogP contribution in [0.1, 0.15) is 29.5 Å². The van der Waals surface area contributed by atoms with Crippen molar-refractivity contribution >= 4 is 5.97 Å². The van der Waals surface area contributed by atoms with Crippen molar-refractivity contribution < 1.29 is 20.1 Å². The van der Waals surface area contributed by atoms with Gasteiger partial charge < -0.3 is 15.3 Å². The number of aromatic nitrogens is 1. The van der Waals surface area contributed by atoms with Gasteiger partial charge in [-0.25, -0.2) is 0 Å². The molecule has 0 radical (unpaired) electrons. The van der Waals surface area contributed by atoms with Crippen LogP contribution in [-0.4, -0.2) is 32.4 Å². The SMILES string of the molecule is Cc1cc(C(O)C(O)CC(=O)O)cc(C)n1. The third kappa shape index (κ3) is 3.29. The maximum absolute atomic E-state index is 10.4. The third-order valence-electron chi connectivity index (χ3n) is 2.19. The van der Waals surface area contributed by atoms with E-state index in [9.17, 15) is 15.0 Å². The van der Waals surface area contributed by atoms with Crippen molar-refractivity contribution in [3.8, 4) is 0 Å². The lowest BCUT2D eigenvalue weighted by Gasteiger charge is -2.17. The van der Waals surface area contributed by atoms with Crippen LogP contribution in [-0.2, 0) is 4.79 Å². The average molecular weight is 225 g/mol. The summed E-state index contributed by atoms with van der Waals surface area (Å²) in [6, 6.07) is 3.26. The lowest BCUT2D eigenvalue weighted by molar-refractivity contribution is -0.141. The Morgan fingerprint density at radius 1 is 1.31 bits per heavy atom. The summed E-state index contributed by atoms with van der Waals surface area (Å²) in [5.74, 6) is -1.14. The molecule has 0 aliphatic rings. The van der Waals surface area contributed by atoms with Gasteiger partial charge in [-0.2, -0.15) is 0 Å². The molecule has 16 heavy (non-hydrogen) atoms. The molecule has 0 aliphatic heterocycles. The molecule has 0 aromatic carbocycles. The van der Waals surface area contributed by atoms with Crippen molar-refractivity contribution in [2.45, 2.75) is 32.5 Å². The summed E-state index contributed by atoms with van der Waals surface area (Å²) in [7, 11) is 0. The highest BCUT2D eigenvalue weighted by Crippen LogP contribution is 2.20. The van der Waals surface area contributed by atoms with Gasteiger partial charge >= 0.3 is 5.97 Å². The van der Waals surface area contributed by atoms with Gasteiger partial charge in [-0.1, -0.05) is 0 Å². The Labute approximate surface area is 93.4 Å². The lowest BCUT2D eigenvalue weighted by atomic mass is 10.0. The van der Waals surface area contributed by atoms with Crippen molar-refractivity contribution in [1.29, 1.82) is 0 Å². The first-order valence-corrected chi connectivity index (χ1v) is 4.93. The van der Waals surface area contributed by atoms with E-state index in [1.165, 1.54) is 0 Å². The Morgan fingerprint density at radius 2 is 1.81 bits per heavy atom. The number of carboxylic acids is 1. The predicted octanol–water partition coefficient (Wildman–Crippen LogP) is 0.567.